The highest BCUT2D eigenvalue weighted by Gasteiger charge is 2.51. The number of carboxylic acids is 1. The zero-order valence-corrected chi connectivity index (χ0v) is 14.2. The molecule has 2 saturated carbocycles. The molecule has 2 aliphatic carbocycles. The molecular weight excluding hydrogens is 302 g/mol. The van der Waals surface area contributed by atoms with Crippen molar-refractivity contribution in [2.24, 2.45) is 11.8 Å². The lowest BCUT2D eigenvalue weighted by molar-refractivity contribution is -0.170. The molecule has 0 aromatic heterocycles. The summed E-state index contributed by atoms with van der Waals surface area (Å²) in [6.45, 7) is 2.99. The molecule has 0 radical (unpaired) electrons. The average molecular weight is 329 g/mol. The molecule has 4 nitrogen and oxygen atoms in total. The van der Waals surface area contributed by atoms with Crippen molar-refractivity contribution in [1.29, 1.82) is 0 Å². The summed E-state index contributed by atoms with van der Waals surface area (Å²) >= 11 is 0. The first-order valence-corrected chi connectivity index (χ1v) is 9.30. The molecule has 1 heterocycles. The predicted octanol–water partition coefficient (Wildman–Crippen LogP) is 3.00. The minimum absolute atomic E-state index is 0.266. The van der Waals surface area contributed by atoms with Crippen LogP contribution >= 0.6 is 0 Å². The van der Waals surface area contributed by atoms with Crippen LogP contribution in [0.4, 0.5) is 0 Å². The monoisotopic (exact) mass is 329 g/mol. The quantitative estimate of drug-likeness (QED) is 0.872. The highest BCUT2D eigenvalue weighted by Crippen LogP contribution is 2.46. The second-order valence-electron chi connectivity index (χ2n) is 8.12. The smallest absolute Gasteiger partial charge is 0.306 e. The van der Waals surface area contributed by atoms with Gasteiger partial charge in [0.25, 0.3) is 0 Å². The molecule has 0 spiro atoms. The third-order valence-electron chi connectivity index (χ3n) is 6.30. The van der Waals surface area contributed by atoms with Gasteiger partial charge in [0.15, 0.2) is 0 Å². The maximum Gasteiger partial charge on any atom is 0.306 e. The van der Waals surface area contributed by atoms with E-state index in [9.17, 15) is 9.90 Å². The highest BCUT2D eigenvalue weighted by molar-refractivity contribution is 5.71. The Labute approximate surface area is 143 Å². The first-order valence-electron chi connectivity index (χ1n) is 9.30. The van der Waals surface area contributed by atoms with E-state index in [1.807, 2.05) is 0 Å². The van der Waals surface area contributed by atoms with E-state index >= 15 is 0 Å². The molecule has 0 amide bonds. The number of nitrogens with zero attached hydrogens (tertiary/aromatic N) is 1. The Bertz CT molecular complexity index is 611. The molecule has 4 rings (SSSR count). The summed E-state index contributed by atoms with van der Waals surface area (Å²) in [5.41, 5.74) is 2.16. The third-order valence-corrected chi connectivity index (χ3v) is 6.30. The summed E-state index contributed by atoms with van der Waals surface area (Å²) in [6.07, 6.45) is 5.51. The van der Waals surface area contributed by atoms with Gasteiger partial charge in [-0.1, -0.05) is 24.3 Å². The number of hydrogen-bond acceptors (Lipinski definition) is 3. The molecule has 130 valence electrons. The summed E-state index contributed by atoms with van der Waals surface area (Å²) in [7, 11) is 0. The van der Waals surface area contributed by atoms with E-state index in [2.05, 4.69) is 29.2 Å². The van der Waals surface area contributed by atoms with E-state index in [1.54, 1.807) is 0 Å². The Kier molecular flexibility index (Phi) is 4.13. The molecule has 24 heavy (non-hydrogen) atoms. The van der Waals surface area contributed by atoms with Crippen molar-refractivity contribution in [1.82, 2.24) is 4.90 Å². The van der Waals surface area contributed by atoms with Gasteiger partial charge in [-0.25, -0.2) is 0 Å². The minimum Gasteiger partial charge on any atom is -0.481 e. The van der Waals surface area contributed by atoms with E-state index in [4.69, 9.17) is 5.11 Å². The van der Waals surface area contributed by atoms with Gasteiger partial charge >= 0.3 is 5.97 Å². The first kappa shape index (κ1) is 16.1. The van der Waals surface area contributed by atoms with Gasteiger partial charge in [-0.15, -0.1) is 0 Å². The fraction of sp³-hybridized carbons (Fsp3) is 0.650. The number of likely N-dealkylation sites (tertiary alicyclic amines) is 1. The SMILES string of the molecule is O=C(O)C1CC(O)(C2CCN(Cc3cccc(C4CC4)c3)CC2)C1. The van der Waals surface area contributed by atoms with Crippen molar-refractivity contribution in [2.75, 3.05) is 13.1 Å². The van der Waals surface area contributed by atoms with Crippen molar-refractivity contribution in [2.45, 2.75) is 56.6 Å². The maximum absolute atomic E-state index is 11.0. The topological polar surface area (TPSA) is 60.8 Å². The number of carboxylic acid groups (broad SMARTS) is 1. The van der Waals surface area contributed by atoms with Crippen LogP contribution < -0.4 is 0 Å². The lowest BCUT2D eigenvalue weighted by Crippen LogP contribution is -2.54. The molecule has 4 heteroatoms. The Morgan fingerprint density at radius 3 is 2.50 bits per heavy atom. The van der Waals surface area contributed by atoms with Gasteiger partial charge in [0.1, 0.15) is 0 Å². The predicted molar refractivity (Wildman–Crippen MR) is 91.7 cm³/mol. The Morgan fingerprint density at radius 2 is 1.88 bits per heavy atom. The molecule has 2 N–H and O–H groups in total. The molecule has 0 bridgehead atoms. The summed E-state index contributed by atoms with van der Waals surface area (Å²) in [5, 5.41) is 19.7. The van der Waals surface area contributed by atoms with Crippen molar-refractivity contribution < 1.29 is 15.0 Å². The normalized spacial score (nSPS) is 31.6. The summed E-state index contributed by atoms with van der Waals surface area (Å²) in [4.78, 5) is 13.4. The number of aliphatic carboxylic acids is 1. The van der Waals surface area contributed by atoms with Crippen LogP contribution in [0.3, 0.4) is 0 Å². The van der Waals surface area contributed by atoms with E-state index in [0.717, 1.165) is 38.4 Å². The molecule has 3 aliphatic rings. The van der Waals surface area contributed by atoms with Gasteiger partial charge in [-0.2, -0.15) is 0 Å². The zero-order chi connectivity index (χ0) is 16.7. The second-order valence-corrected chi connectivity index (χ2v) is 8.12. The number of rotatable bonds is 5. The molecule has 1 saturated heterocycles. The van der Waals surface area contributed by atoms with Crippen LogP contribution in [0.1, 0.15) is 55.6 Å². The van der Waals surface area contributed by atoms with Crippen LogP contribution in [0.2, 0.25) is 0 Å². The van der Waals surface area contributed by atoms with Gasteiger partial charge in [0, 0.05) is 6.54 Å². The minimum atomic E-state index is -0.757. The second kappa shape index (κ2) is 6.16. The fourth-order valence-electron chi connectivity index (χ4n) is 4.55. The van der Waals surface area contributed by atoms with Gasteiger partial charge in [-0.05, 0) is 74.6 Å². The van der Waals surface area contributed by atoms with E-state index < -0.39 is 11.6 Å². The van der Waals surface area contributed by atoms with Crippen LogP contribution in [-0.4, -0.2) is 39.8 Å². The first-order chi connectivity index (χ1) is 11.5. The van der Waals surface area contributed by atoms with E-state index in [0.29, 0.717) is 12.8 Å². The van der Waals surface area contributed by atoms with Gasteiger partial charge in [0.05, 0.1) is 11.5 Å². The average Bonchev–Trinajstić information content (AvgIpc) is 3.37. The molecule has 1 aromatic carbocycles. The third kappa shape index (κ3) is 3.22. The van der Waals surface area contributed by atoms with Crippen LogP contribution in [0, 0.1) is 11.8 Å². The van der Waals surface area contributed by atoms with Gasteiger partial charge in [-0.3, -0.25) is 9.69 Å². The van der Waals surface area contributed by atoms with Crippen LogP contribution in [0.5, 0.6) is 0 Å². The summed E-state index contributed by atoms with van der Waals surface area (Å²) in [5.74, 6) is -0.0290. The summed E-state index contributed by atoms with van der Waals surface area (Å²) < 4.78 is 0. The molecule has 3 fully saturated rings. The largest absolute Gasteiger partial charge is 0.481 e. The molecule has 1 aromatic rings. The van der Waals surface area contributed by atoms with Gasteiger partial charge in [0.2, 0.25) is 0 Å². The van der Waals surface area contributed by atoms with Crippen LogP contribution in [0.15, 0.2) is 24.3 Å². The number of hydrogen-bond donors (Lipinski definition) is 2. The number of piperidine rings is 1. The molecule has 0 atom stereocenters. The zero-order valence-electron chi connectivity index (χ0n) is 14.2. The molecule has 0 unspecified atom stereocenters. The lowest BCUT2D eigenvalue weighted by Gasteiger charge is -2.49. The number of benzene rings is 1. The van der Waals surface area contributed by atoms with Crippen LogP contribution in [-0.2, 0) is 11.3 Å². The number of aliphatic hydroxyl groups is 1. The van der Waals surface area contributed by atoms with Gasteiger partial charge < -0.3 is 10.2 Å². The van der Waals surface area contributed by atoms with Crippen LogP contribution in [0.25, 0.3) is 0 Å². The van der Waals surface area contributed by atoms with Crippen molar-refractivity contribution >= 4 is 5.97 Å². The van der Waals surface area contributed by atoms with E-state index in [-0.39, 0.29) is 11.8 Å². The Balaban J connectivity index is 1.29. The fourth-order valence-corrected chi connectivity index (χ4v) is 4.55. The standard InChI is InChI=1S/C20H27NO3/c22-19(23)17-11-20(24,12-17)18-6-8-21(9-7-18)13-14-2-1-3-16(10-14)15-4-5-15/h1-3,10,15,17-18,24H,4-9,11-13H2,(H,22,23). The Morgan fingerprint density at radius 1 is 1.17 bits per heavy atom. The van der Waals surface area contributed by atoms with Crippen molar-refractivity contribution in [3.63, 3.8) is 0 Å². The van der Waals surface area contributed by atoms with E-state index in [1.165, 1.54) is 24.0 Å². The maximum atomic E-state index is 11.0. The van der Waals surface area contributed by atoms with Crippen molar-refractivity contribution in [3.8, 4) is 0 Å². The Hall–Kier alpha value is -1.39. The lowest BCUT2D eigenvalue weighted by atomic mass is 9.62. The molecular formula is C20H27NO3. The summed E-state index contributed by atoms with van der Waals surface area (Å²) in [6, 6.07) is 9.01. The highest BCUT2D eigenvalue weighted by atomic mass is 16.4. The number of carbonyl (C=O) groups is 1. The molecule has 1 aliphatic heterocycles. The van der Waals surface area contributed by atoms with Crippen molar-refractivity contribution in [3.05, 3.63) is 35.4 Å².